The highest BCUT2D eigenvalue weighted by molar-refractivity contribution is 7.46. The molecule has 9 nitrogen and oxygen atoms in total. The van der Waals surface area contributed by atoms with Crippen LogP contribution in [0.2, 0.25) is 0 Å². The fourth-order valence-electron chi connectivity index (χ4n) is 4.13. The van der Waals surface area contributed by atoms with Gasteiger partial charge in [0.2, 0.25) is 0 Å². The zero-order valence-electron chi connectivity index (χ0n) is 19.8. The molecule has 1 aliphatic rings. The van der Waals surface area contributed by atoms with Crippen LogP contribution >= 0.6 is 8.58 Å². The predicted octanol–water partition coefficient (Wildman–Crippen LogP) is 3.20. The third-order valence-electron chi connectivity index (χ3n) is 5.90. The number of benzene rings is 2. The highest BCUT2D eigenvalue weighted by atomic mass is 31.1. The highest BCUT2D eigenvalue weighted by Crippen LogP contribution is 2.36. The smallest absolute Gasteiger partial charge is 0.251 e. The van der Waals surface area contributed by atoms with E-state index in [1.165, 1.54) is 12.8 Å². The fraction of sp³-hybridized carbons (Fsp3) is 0.280. The zero-order chi connectivity index (χ0) is 24.8. The Kier molecular flexibility index (Phi) is 7.76. The van der Waals surface area contributed by atoms with Crippen molar-refractivity contribution in [3.8, 4) is 23.5 Å². The predicted molar refractivity (Wildman–Crippen MR) is 139 cm³/mol. The average molecular weight is 490 g/mol. The first-order chi connectivity index (χ1) is 17.0. The van der Waals surface area contributed by atoms with Gasteiger partial charge in [0.05, 0.1) is 30.0 Å². The van der Waals surface area contributed by atoms with Gasteiger partial charge >= 0.3 is 0 Å². The molecule has 4 aromatic rings. The Hall–Kier alpha value is -3.73. The molecule has 35 heavy (non-hydrogen) atoms. The Bertz CT molecular complexity index is 1350. The Morgan fingerprint density at radius 1 is 1.20 bits per heavy atom. The minimum atomic E-state index is 0.206. The maximum Gasteiger partial charge on any atom is 0.251 e. The van der Waals surface area contributed by atoms with Gasteiger partial charge in [-0.2, -0.15) is 15.0 Å². The Morgan fingerprint density at radius 3 is 2.60 bits per heavy atom. The van der Waals surface area contributed by atoms with Gasteiger partial charge in [-0.15, -0.1) is 0 Å². The standard InChI is InChI=1S/C16H20N2O2.C9H8N5P/c1-20-12-5-4-11-8-15(17)16(19)14(13(11)9-12)10-18-6-2-3-7-18;1-15-8-7(5-10)6-13-14(8)9-11-3-2-4-12-9/h4-5,8-9,19H,2-3,6-7,10,17H2,1H3;2-4,6,15H,1H3. The van der Waals surface area contributed by atoms with Crippen molar-refractivity contribution in [2.24, 2.45) is 0 Å². The molecule has 3 N–H and O–H groups in total. The molecule has 3 heterocycles. The molecule has 1 saturated heterocycles. The van der Waals surface area contributed by atoms with Gasteiger partial charge in [0, 0.05) is 24.5 Å². The molecule has 1 unspecified atom stereocenters. The first-order valence-electron chi connectivity index (χ1n) is 11.3. The highest BCUT2D eigenvalue weighted by Gasteiger charge is 2.18. The number of anilines is 1. The van der Waals surface area contributed by atoms with E-state index in [0.717, 1.165) is 47.2 Å². The summed E-state index contributed by atoms with van der Waals surface area (Å²) >= 11 is 0. The molecule has 2 aromatic heterocycles. The van der Waals surface area contributed by atoms with E-state index in [9.17, 15) is 5.11 Å². The third-order valence-corrected chi connectivity index (χ3v) is 6.86. The molecule has 0 radical (unpaired) electrons. The summed E-state index contributed by atoms with van der Waals surface area (Å²) in [5.74, 6) is 1.50. The first-order valence-corrected chi connectivity index (χ1v) is 12.8. The van der Waals surface area contributed by atoms with Crippen LogP contribution in [-0.4, -0.2) is 56.6 Å². The topological polar surface area (TPSA) is 126 Å². The van der Waals surface area contributed by atoms with Crippen LogP contribution in [0.15, 0.2) is 48.9 Å². The van der Waals surface area contributed by atoms with Crippen LogP contribution in [0, 0.1) is 11.3 Å². The van der Waals surface area contributed by atoms with E-state index in [1.54, 1.807) is 36.4 Å². The normalized spacial score (nSPS) is 13.6. The number of phenolic OH excluding ortho intramolecular Hbond substituents is 1. The summed E-state index contributed by atoms with van der Waals surface area (Å²) in [5.41, 5.74) is 8.73. The van der Waals surface area contributed by atoms with Crippen LogP contribution in [0.3, 0.4) is 0 Å². The number of aromatic hydroxyl groups is 1. The molecule has 1 atom stereocenters. The van der Waals surface area contributed by atoms with Crippen molar-refractivity contribution in [2.45, 2.75) is 19.4 Å². The summed E-state index contributed by atoms with van der Waals surface area (Å²) in [6.07, 6.45) is 7.30. The summed E-state index contributed by atoms with van der Waals surface area (Å²) in [7, 11) is 2.13. The minimum Gasteiger partial charge on any atom is -0.505 e. The van der Waals surface area contributed by atoms with Crippen molar-refractivity contribution in [2.75, 3.05) is 32.6 Å². The summed E-state index contributed by atoms with van der Waals surface area (Å²) in [6, 6.07) is 11.5. The average Bonchev–Trinajstić information content (AvgIpc) is 3.57. The largest absolute Gasteiger partial charge is 0.505 e. The van der Waals surface area contributed by atoms with Gasteiger partial charge in [-0.25, -0.2) is 9.97 Å². The number of rotatable bonds is 5. The second-order valence-corrected chi connectivity index (χ2v) is 9.07. The number of hydrogen-bond donors (Lipinski definition) is 2. The van der Waals surface area contributed by atoms with Crippen LogP contribution in [0.5, 0.6) is 11.5 Å². The molecule has 5 rings (SSSR count). The molecule has 0 saturated carbocycles. The summed E-state index contributed by atoms with van der Waals surface area (Å²) in [6.45, 7) is 4.90. The van der Waals surface area contributed by atoms with Gasteiger partial charge in [0.1, 0.15) is 17.6 Å². The lowest BCUT2D eigenvalue weighted by Crippen LogP contribution is -2.18. The van der Waals surface area contributed by atoms with Gasteiger partial charge in [0.25, 0.3) is 5.95 Å². The lowest BCUT2D eigenvalue weighted by molar-refractivity contribution is 0.326. The van der Waals surface area contributed by atoms with Crippen LogP contribution < -0.4 is 15.9 Å². The number of nitrogens with zero attached hydrogens (tertiary/aromatic N) is 6. The third kappa shape index (κ3) is 5.35. The molecule has 1 fully saturated rings. The summed E-state index contributed by atoms with van der Waals surface area (Å²) < 4.78 is 6.90. The molecule has 2 aromatic carbocycles. The van der Waals surface area contributed by atoms with E-state index in [4.69, 9.17) is 15.7 Å². The number of nitrogens with two attached hydrogens (primary N) is 1. The van der Waals surface area contributed by atoms with Gasteiger partial charge < -0.3 is 15.6 Å². The lowest BCUT2D eigenvalue weighted by atomic mass is 10.0. The van der Waals surface area contributed by atoms with E-state index >= 15 is 0 Å². The number of nitrogen functional groups attached to an aromatic ring is 1. The minimum absolute atomic E-state index is 0.206. The van der Waals surface area contributed by atoms with E-state index in [2.05, 4.69) is 26.0 Å². The number of fused-ring (bicyclic) bond motifs is 1. The number of hydrogen-bond acceptors (Lipinski definition) is 8. The molecule has 0 amide bonds. The summed E-state index contributed by atoms with van der Waals surface area (Å²) in [5, 5.41) is 25.4. The number of aromatic nitrogens is 4. The fourth-order valence-corrected chi connectivity index (χ4v) is 4.89. The monoisotopic (exact) mass is 489 g/mol. The molecular formula is C25H28N7O2P. The van der Waals surface area contributed by atoms with E-state index in [-0.39, 0.29) is 5.75 Å². The number of nitriles is 1. The molecule has 10 heteroatoms. The van der Waals surface area contributed by atoms with Crippen LogP contribution in [0.4, 0.5) is 5.69 Å². The van der Waals surface area contributed by atoms with Crippen LogP contribution in [-0.2, 0) is 6.54 Å². The van der Waals surface area contributed by atoms with Crippen molar-refractivity contribution in [3.63, 3.8) is 0 Å². The van der Waals surface area contributed by atoms with Crippen LogP contribution in [0.1, 0.15) is 24.0 Å². The van der Waals surface area contributed by atoms with Gasteiger partial charge in [-0.3, -0.25) is 4.90 Å². The molecule has 0 spiro atoms. The lowest BCUT2D eigenvalue weighted by Gasteiger charge is -2.18. The van der Waals surface area contributed by atoms with Crippen molar-refractivity contribution in [1.82, 2.24) is 24.6 Å². The van der Waals surface area contributed by atoms with Crippen molar-refractivity contribution < 1.29 is 9.84 Å². The zero-order valence-corrected chi connectivity index (χ0v) is 20.8. The second-order valence-electron chi connectivity index (χ2n) is 8.09. The molecular weight excluding hydrogens is 461 g/mol. The van der Waals surface area contributed by atoms with Gasteiger partial charge in [-0.1, -0.05) is 14.6 Å². The van der Waals surface area contributed by atoms with Crippen LogP contribution in [0.25, 0.3) is 16.7 Å². The first kappa shape index (κ1) is 24.4. The number of likely N-dealkylation sites (tertiary alicyclic amines) is 1. The van der Waals surface area contributed by atoms with Crippen molar-refractivity contribution in [3.05, 3.63) is 60.0 Å². The Labute approximate surface area is 206 Å². The molecule has 0 aliphatic carbocycles. The van der Waals surface area contributed by atoms with E-state index in [0.29, 0.717) is 25.8 Å². The molecule has 0 bridgehead atoms. The number of ether oxygens (including phenoxy) is 1. The van der Waals surface area contributed by atoms with Gasteiger partial charge in [0.15, 0.2) is 0 Å². The number of phenols is 1. The quantitative estimate of drug-likeness (QED) is 0.249. The summed E-state index contributed by atoms with van der Waals surface area (Å²) in [4.78, 5) is 10.5. The van der Waals surface area contributed by atoms with Crippen molar-refractivity contribution in [1.29, 1.82) is 5.26 Å². The number of methoxy groups -OCH3 is 1. The Balaban J connectivity index is 0.000000172. The maximum absolute atomic E-state index is 10.3. The maximum atomic E-state index is 10.3. The SMILES string of the molecule is COc1ccc2cc(N)c(O)c(CN3CCCC3)c2c1.CPc1c(C#N)cnn1-c1ncccn1. The van der Waals surface area contributed by atoms with E-state index in [1.807, 2.05) is 30.9 Å². The Morgan fingerprint density at radius 2 is 1.94 bits per heavy atom. The van der Waals surface area contributed by atoms with Gasteiger partial charge in [-0.05, 0) is 67.6 Å². The van der Waals surface area contributed by atoms with E-state index < -0.39 is 0 Å². The molecule has 1 aliphatic heterocycles. The van der Waals surface area contributed by atoms with Crippen molar-refractivity contribution >= 4 is 30.5 Å². The molecule has 180 valence electrons. The second kappa shape index (κ2) is 11.1.